The van der Waals surface area contributed by atoms with Crippen LogP contribution in [0, 0.1) is 0 Å². The Morgan fingerprint density at radius 1 is 0.471 bits per heavy atom. The second-order valence-corrected chi connectivity index (χ2v) is 22.4. The maximum Gasteiger partial charge on any atom is 0.306 e. The van der Waals surface area contributed by atoms with E-state index in [1.54, 1.807) is 6.08 Å². The Morgan fingerprint density at radius 3 is 1.27 bits per heavy atom. The molecule has 0 spiro atoms. The number of carbonyl (C=O) groups is 2. The fraction of sp³-hybridized carbons (Fsp3) is 0.649. The molecule has 0 aromatic carbocycles. The van der Waals surface area contributed by atoms with Crippen molar-refractivity contribution in [2.75, 3.05) is 13.2 Å². The average Bonchev–Trinajstić information content (AvgIpc) is 3.19. The molecule has 1 aliphatic heterocycles. The van der Waals surface area contributed by atoms with Crippen LogP contribution in [0.15, 0.2) is 146 Å². The van der Waals surface area contributed by atoms with E-state index in [-0.39, 0.29) is 19.4 Å². The zero-order valence-electron chi connectivity index (χ0n) is 53.4. The van der Waals surface area contributed by atoms with Crippen LogP contribution in [0.4, 0.5) is 0 Å². The van der Waals surface area contributed by atoms with E-state index >= 15 is 0 Å². The van der Waals surface area contributed by atoms with E-state index in [9.17, 15) is 35.1 Å². The highest BCUT2D eigenvalue weighted by atomic mass is 16.7. The number of hydrogen-bond donors (Lipinski definition) is 6. The number of amides is 1. The zero-order chi connectivity index (χ0) is 61.7. The Balaban J connectivity index is 2.69. The zero-order valence-corrected chi connectivity index (χ0v) is 53.4. The number of ether oxygens (including phenoxy) is 3. The van der Waals surface area contributed by atoms with Gasteiger partial charge in [0.25, 0.3) is 0 Å². The summed E-state index contributed by atoms with van der Waals surface area (Å²) in [7, 11) is 0. The third-order valence-electron chi connectivity index (χ3n) is 14.7. The molecule has 0 bridgehead atoms. The van der Waals surface area contributed by atoms with E-state index in [0.717, 1.165) is 148 Å². The van der Waals surface area contributed by atoms with E-state index in [0.29, 0.717) is 12.8 Å². The third kappa shape index (κ3) is 47.3. The number of aliphatic hydroxyl groups excluding tert-OH is 5. The Labute approximate surface area is 517 Å². The molecule has 1 fully saturated rings. The molecular weight excluding hydrogens is 1060 g/mol. The maximum atomic E-state index is 13.5. The highest BCUT2D eigenvalue weighted by Gasteiger charge is 2.47. The van der Waals surface area contributed by atoms with Crippen molar-refractivity contribution in [3.05, 3.63) is 146 Å². The molecule has 85 heavy (non-hydrogen) atoms. The Morgan fingerprint density at radius 2 is 0.847 bits per heavy atom. The molecule has 1 saturated heterocycles. The minimum atomic E-state index is -1.64. The standard InChI is InChI=1S/C74H121NO10/c1-4-7-10-13-16-19-22-25-27-29-31-33-35-36-38-40-43-46-49-52-55-58-61-67(78)73(82)75-65(66(77)60-57-54-51-48-45-42-24-21-18-15-12-9-6-3)64-83-74-72(71(81)70(80)68(63-76)84-74)85-69(79)62-59-56-53-50-47-44-41-39-37-34-32-30-28-26-23-20-17-14-11-8-5-2/h7-8,10-11,16-17,19-20,25-28,31-34,36,38-39,41,43,46,57,60,65-68,70-72,74,76-78,80-81H,4-6,9,12-15,18,21-24,29-30,35,37,40,42,44-45,47-56,58-59,61-64H2,1-3H3,(H,75,82)/b10-7-,11-8-,19-16-,20-17-,27-25-,28-26-,33-31-,34-32-,38-36-,41-39-,46-43-,60-57+. The van der Waals surface area contributed by atoms with E-state index < -0.39 is 67.4 Å². The van der Waals surface area contributed by atoms with Gasteiger partial charge in [-0.3, -0.25) is 9.59 Å². The summed E-state index contributed by atoms with van der Waals surface area (Å²) in [6.07, 6.45) is 75.8. The lowest BCUT2D eigenvalue weighted by Crippen LogP contribution is -2.61. The topological polar surface area (TPSA) is 175 Å². The normalized spacial score (nSPS) is 19.4. The molecule has 11 heteroatoms. The molecule has 0 radical (unpaired) electrons. The van der Waals surface area contributed by atoms with E-state index in [1.165, 1.54) is 51.4 Å². The molecule has 0 aromatic heterocycles. The lowest BCUT2D eigenvalue weighted by Gasteiger charge is -2.41. The van der Waals surface area contributed by atoms with Gasteiger partial charge in [0.15, 0.2) is 12.4 Å². The minimum Gasteiger partial charge on any atom is -0.454 e. The van der Waals surface area contributed by atoms with Gasteiger partial charge in [-0.05, 0) is 122 Å². The molecule has 0 saturated carbocycles. The highest BCUT2D eigenvalue weighted by Crippen LogP contribution is 2.26. The van der Waals surface area contributed by atoms with Crippen molar-refractivity contribution in [1.82, 2.24) is 5.32 Å². The van der Waals surface area contributed by atoms with Gasteiger partial charge < -0.3 is 45.1 Å². The summed E-state index contributed by atoms with van der Waals surface area (Å²) in [5.41, 5.74) is 0. The molecule has 1 rings (SSSR count). The minimum absolute atomic E-state index is 0.0892. The molecule has 11 nitrogen and oxygen atoms in total. The molecule has 6 N–H and O–H groups in total. The number of nitrogens with one attached hydrogen (secondary N) is 1. The lowest BCUT2D eigenvalue weighted by molar-refractivity contribution is -0.305. The SMILES string of the molecule is CC/C=C\C/C=C\C/C=C\C/C=C\C/C=C\C/C=C\CCCCCC(O)C(=O)NC(COC1OC(CO)C(O)C(O)C1OC(=O)CCCCCCC/C=C\C/C=C\C/C=C\C/C=C\C/C=C\CC)C(O)/C=C/CCCCCCCCCCCCC. The number of rotatable bonds is 55. The van der Waals surface area contributed by atoms with Gasteiger partial charge >= 0.3 is 5.97 Å². The summed E-state index contributed by atoms with van der Waals surface area (Å²) in [6, 6.07) is -1.05. The van der Waals surface area contributed by atoms with Crippen LogP contribution in [0.3, 0.4) is 0 Å². The predicted molar refractivity (Wildman–Crippen MR) is 356 cm³/mol. The van der Waals surface area contributed by atoms with Gasteiger partial charge in [0.05, 0.1) is 25.4 Å². The van der Waals surface area contributed by atoms with E-state index in [1.807, 2.05) is 6.08 Å². The van der Waals surface area contributed by atoms with Crippen LogP contribution >= 0.6 is 0 Å². The van der Waals surface area contributed by atoms with Gasteiger partial charge in [0.1, 0.15) is 24.4 Å². The van der Waals surface area contributed by atoms with Crippen molar-refractivity contribution >= 4 is 11.9 Å². The number of aliphatic hydroxyl groups is 5. The molecule has 8 atom stereocenters. The first-order valence-corrected chi connectivity index (χ1v) is 33.6. The first-order valence-electron chi connectivity index (χ1n) is 33.6. The molecular formula is C74H121NO10. The summed E-state index contributed by atoms with van der Waals surface area (Å²) in [6.45, 7) is 5.53. The fourth-order valence-electron chi connectivity index (χ4n) is 9.50. The number of hydrogen-bond acceptors (Lipinski definition) is 10. The van der Waals surface area contributed by atoms with Crippen LogP contribution in [-0.2, 0) is 23.8 Å². The van der Waals surface area contributed by atoms with Gasteiger partial charge in [0.2, 0.25) is 5.91 Å². The van der Waals surface area contributed by atoms with Gasteiger partial charge in [-0.25, -0.2) is 0 Å². The van der Waals surface area contributed by atoms with Crippen molar-refractivity contribution in [3.8, 4) is 0 Å². The van der Waals surface area contributed by atoms with E-state index in [4.69, 9.17) is 14.2 Å². The lowest BCUT2D eigenvalue weighted by atomic mass is 9.99. The summed E-state index contributed by atoms with van der Waals surface area (Å²) in [4.78, 5) is 26.6. The Kier molecular flexibility index (Phi) is 55.3. The maximum absolute atomic E-state index is 13.5. The number of allylic oxidation sites excluding steroid dienone is 23. The third-order valence-corrected chi connectivity index (χ3v) is 14.7. The molecule has 0 aliphatic carbocycles. The number of esters is 1. The Bertz CT molecular complexity index is 1940. The van der Waals surface area contributed by atoms with Gasteiger partial charge in [-0.2, -0.15) is 0 Å². The van der Waals surface area contributed by atoms with Crippen molar-refractivity contribution in [3.63, 3.8) is 0 Å². The second-order valence-electron chi connectivity index (χ2n) is 22.4. The van der Waals surface area contributed by atoms with Crippen LogP contribution < -0.4 is 5.32 Å². The summed E-state index contributed by atoms with van der Waals surface area (Å²) >= 11 is 0. The first-order chi connectivity index (χ1) is 41.7. The van der Waals surface area contributed by atoms with Crippen LogP contribution in [-0.4, -0.2) is 99.6 Å². The van der Waals surface area contributed by atoms with Crippen LogP contribution in [0.1, 0.15) is 245 Å². The molecule has 1 aliphatic rings. The molecule has 1 heterocycles. The van der Waals surface area contributed by atoms with E-state index in [2.05, 4.69) is 160 Å². The predicted octanol–water partition coefficient (Wildman–Crippen LogP) is 16.9. The van der Waals surface area contributed by atoms with Crippen molar-refractivity contribution in [2.24, 2.45) is 0 Å². The number of unbranched alkanes of at least 4 members (excludes halogenated alkanes) is 19. The largest absolute Gasteiger partial charge is 0.454 e. The number of carbonyl (C=O) groups excluding carboxylic acids is 2. The fourth-order valence-corrected chi connectivity index (χ4v) is 9.50. The Hall–Kier alpha value is -4.46. The first kappa shape index (κ1) is 78.6. The van der Waals surface area contributed by atoms with Crippen LogP contribution in [0.5, 0.6) is 0 Å². The average molecular weight is 1180 g/mol. The molecule has 0 aromatic rings. The smallest absolute Gasteiger partial charge is 0.306 e. The van der Waals surface area contributed by atoms with Crippen molar-refractivity contribution in [2.45, 2.75) is 294 Å². The van der Waals surface area contributed by atoms with Gasteiger partial charge in [-0.1, -0.05) is 263 Å². The summed E-state index contributed by atoms with van der Waals surface area (Å²) < 4.78 is 17.6. The second kappa shape index (κ2) is 59.9. The summed E-state index contributed by atoms with van der Waals surface area (Å²) in [5.74, 6) is -1.25. The molecule has 482 valence electrons. The van der Waals surface area contributed by atoms with Crippen LogP contribution in [0.2, 0.25) is 0 Å². The summed E-state index contributed by atoms with van der Waals surface area (Å²) in [5, 5.41) is 57.2. The molecule has 1 amide bonds. The van der Waals surface area contributed by atoms with Crippen molar-refractivity contribution < 1.29 is 49.3 Å². The highest BCUT2D eigenvalue weighted by molar-refractivity contribution is 5.80. The van der Waals surface area contributed by atoms with Crippen LogP contribution in [0.25, 0.3) is 0 Å². The van der Waals surface area contributed by atoms with Crippen molar-refractivity contribution in [1.29, 1.82) is 0 Å². The van der Waals surface area contributed by atoms with Gasteiger partial charge in [0, 0.05) is 6.42 Å². The quantitative estimate of drug-likeness (QED) is 0.0195. The monoisotopic (exact) mass is 1180 g/mol. The van der Waals surface area contributed by atoms with Gasteiger partial charge in [-0.15, -0.1) is 0 Å². The molecule has 8 unspecified atom stereocenters.